The molecule has 3 heteroatoms. The minimum absolute atomic E-state index is 0.359. The van der Waals surface area contributed by atoms with Crippen LogP contribution < -0.4 is 0 Å². The van der Waals surface area contributed by atoms with Crippen LogP contribution in [0.25, 0.3) is 10.8 Å². The van der Waals surface area contributed by atoms with Gasteiger partial charge in [0.1, 0.15) is 5.82 Å². The van der Waals surface area contributed by atoms with Crippen LogP contribution >= 0.6 is 0 Å². The van der Waals surface area contributed by atoms with Crippen LogP contribution in [0.1, 0.15) is 28.4 Å². The zero-order valence-corrected chi connectivity index (χ0v) is 12.0. The number of esters is 1. The smallest absolute Gasteiger partial charge is 0.340 e. The number of cyclic esters (lactones) is 1. The van der Waals surface area contributed by atoms with Crippen molar-refractivity contribution in [2.24, 2.45) is 0 Å². The molecule has 0 aromatic heterocycles. The van der Waals surface area contributed by atoms with E-state index in [1.807, 2.05) is 49.4 Å². The molecule has 2 nitrogen and oxygen atoms in total. The molecule has 1 aliphatic rings. The zero-order valence-electron chi connectivity index (χ0n) is 12.0. The van der Waals surface area contributed by atoms with Crippen molar-refractivity contribution < 1.29 is 13.9 Å². The van der Waals surface area contributed by atoms with E-state index in [4.69, 9.17) is 4.74 Å². The molecule has 0 bridgehead atoms. The van der Waals surface area contributed by atoms with Gasteiger partial charge in [0, 0.05) is 5.56 Å². The quantitative estimate of drug-likeness (QED) is 0.621. The van der Waals surface area contributed by atoms with Crippen LogP contribution in [0.3, 0.4) is 0 Å². The summed E-state index contributed by atoms with van der Waals surface area (Å²) in [6, 6.07) is 17.9. The highest BCUT2D eigenvalue weighted by atomic mass is 19.1. The topological polar surface area (TPSA) is 26.3 Å². The third-order valence-corrected chi connectivity index (χ3v) is 4.32. The highest BCUT2D eigenvalue weighted by molar-refractivity contribution is 6.08. The fourth-order valence-electron chi connectivity index (χ4n) is 3.17. The van der Waals surface area contributed by atoms with E-state index in [0.717, 1.165) is 16.5 Å². The second kappa shape index (κ2) is 4.41. The molecule has 1 heterocycles. The van der Waals surface area contributed by atoms with E-state index in [1.165, 1.54) is 12.1 Å². The molecule has 0 aliphatic carbocycles. The van der Waals surface area contributed by atoms with Crippen LogP contribution in [0.2, 0.25) is 0 Å². The monoisotopic (exact) mass is 292 g/mol. The van der Waals surface area contributed by atoms with Crippen molar-refractivity contribution in [2.75, 3.05) is 0 Å². The molecule has 0 saturated carbocycles. The Morgan fingerprint density at radius 2 is 1.73 bits per heavy atom. The van der Waals surface area contributed by atoms with Crippen molar-refractivity contribution in [3.63, 3.8) is 0 Å². The predicted octanol–water partition coefficient (Wildman–Crippen LogP) is 4.41. The van der Waals surface area contributed by atoms with Gasteiger partial charge in [0.25, 0.3) is 0 Å². The lowest BCUT2D eigenvalue weighted by Crippen LogP contribution is -2.23. The summed E-state index contributed by atoms with van der Waals surface area (Å²) < 4.78 is 19.3. The van der Waals surface area contributed by atoms with Gasteiger partial charge >= 0.3 is 5.97 Å². The summed E-state index contributed by atoms with van der Waals surface area (Å²) in [5.41, 5.74) is 1.30. The van der Waals surface area contributed by atoms with Gasteiger partial charge in [-0.2, -0.15) is 0 Å². The molecule has 22 heavy (non-hydrogen) atoms. The maximum Gasteiger partial charge on any atom is 0.340 e. The van der Waals surface area contributed by atoms with Crippen LogP contribution in [0.4, 0.5) is 4.39 Å². The maximum atomic E-state index is 13.6. The maximum absolute atomic E-state index is 13.6. The van der Waals surface area contributed by atoms with Gasteiger partial charge in [-0.25, -0.2) is 9.18 Å². The van der Waals surface area contributed by atoms with E-state index < -0.39 is 11.6 Å². The van der Waals surface area contributed by atoms with Crippen LogP contribution in [-0.4, -0.2) is 5.97 Å². The molecular formula is C19H13FO2. The SMILES string of the molecule is CC1(c2ccccc2)OC(=O)c2c1ccc1ccc(F)cc21. The zero-order chi connectivity index (χ0) is 15.3. The number of carbonyl (C=O) groups is 1. The van der Waals surface area contributed by atoms with Crippen molar-refractivity contribution in [3.8, 4) is 0 Å². The van der Waals surface area contributed by atoms with Gasteiger partial charge in [-0.3, -0.25) is 0 Å². The van der Waals surface area contributed by atoms with Crippen LogP contribution in [0, 0.1) is 5.82 Å². The summed E-state index contributed by atoms with van der Waals surface area (Å²) in [6.07, 6.45) is 0. The Morgan fingerprint density at radius 1 is 1.00 bits per heavy atom. The molecule has 0 spiro atoms. The van der Waals surface area contributed by atoms with E-state index in [9.17, 15) is 9.18 Å². The van der Waals surface area contributed by atoms with Crippen molar-refractivity contribution in [1.29, 1.82) is 0 Å². The summed E-state index contributed by atoms with van der Waals surface area (Å²) in [5, 5.41) is 1.43. The molecular weight excluding hydrogens is 279 g/mol. The van der Waals surface area contributed by atoms with Crippen molar-refractivity contribution >= 4 is 16.7 Å². The van der Waals surface area contributed by atoms with Crippen LogP contribution in [0.15, 0.2) is 60.7 Å². The Bertz CT molecular complexity index is 902. The second-order valence-corrected chi connectivity index (χ2v) is 5.64. The highest BCUT2D eigenvalue weighted by Crippen LogP contribution is 2.44. The summed E-state index contributed by atoms with van der Waals surface area (Å²) in [6.45, 7) is 1.87. The van der Waals surface area contributed by atoms with Gasteiger partial charge < -0.3 is 4.74 Å². The summed E-state index contributed by atoms with van der Waals surface area (Å²) >= 11 is 0. The van der Waals surface area contributed by atoms with E-state index in [2.05, 4.69) is 0 Å². The average molecular weight is 292 g/mol. The lowest BCUT2D eigenvalue weighted by atomic mass is 9.85. The molecule has 0 fully saturated rings. The van der Waals surface area contributed by atoms with Gasteiger partial charge in [-0.1, -0.05) is 48.5 Å². The Balaban J connectivity index is 2.04. The first-order chi connectivity index (χ1) is 10.6. The third-order valence-electron chi connectivity index (χ3n) is 4.32. The van der Waals surface area contributed by atoms with Gasteiger partial charge in [0.15, 0.2) is 5.60 Å². The molecule has 0 radical (unpaired) electrons. The van der Waals surface area contributed by atoms with E-state index in [0.29, 0.717) is 10.9 Å². The van der Waals surface area contributed by atoms with E-state index in [1.54, 1.807) is 6.07 Å². The Kier molecular flexibility index (Phi) is 2.61. The molecule has 4 rings (SSSR count). The normalized spacial score (nSPS) is 20.0. The minimum atomic E-state index is -0.839. The first-order valence-corrected chi connectivity index (χ1v) is 7.11. The number of hydrogen-bond donors (Lipinski definition) is 0. The lowest BCUT2D eigenvalue weighted by molar-refractivity contribution is 0.0181. The highest BCUT2D eigenvalue weighted by Gasteiger charge is 2.43. The molecule has 0 saturated heterocycles. The molecule has 3 aromatic rings. The number of benzene rings is 3. The standard InChI is InChI=1S/C19H13FO2/c1-19(13-5-3-2-4-6-13)16-10-8-12-7-9-14(20)11-15(12)17(16)18(21)22-19/h2-11H,1H3. The molecule has 108 valence electrons. The number of hydrogen-bond acceptors (Lipinski definition) is 2. The van der Waals surface area contributed by atoms with Crippen LogP contribution in [0.5, 0.6) is 0 Å². The molecule has 0 amide bonds. The van der Waals surface area contributed by atoms with Crippen LogP contribution in [-0.2, 0) is 10.3 Å². The van der Waals surface area contributed by atoms with Gasteiger partial charge in [0.2, 0.25) is 0 Å². The lowest BCUT2D eigenvalue weighted by Gasteiger charge is -2.24. The van der Waals surface area contributed by atoms with Crippen molar-refractivity contribution in [1.82, 2.24) is 0 Å². The predicted molar refractivity (Wildman–Crippen MR) is 82.2 cm³/mol. The average Bonchev–Trinajstić information content (AvgIpc) is 2.80. The fraction of sp³-hybridized carbons (Fsp3) is 0.105. The Hall–Kier alpha value is -2.68. The Morgan fingerprint density at radius 3 is 2.50 bits per heavy atom. The first-order valence-electron chi connectivity index (χ1n) is 7.11. The fourth-order valence-corrected chi connectivity index (χ4v) is 3.17. The molecule has 3 aromatic carbocycles. The van der Waals surface area contributed by atoms with E-state index in [-0.39, 0.29) is 5.82 Å². The molecule has 1 atom stereocenters. The number of carbonyl (C=O) groups excluding carboxylic acids is 1. The summed E-state index contributed by atoms with van der Waals surface area (Å²) in [4.78, 5) is 12.4. The van der Waals surface area contributed by atoms with Gasteiger partial charge in [-0.05, 0) is 35.4 Å². The molecule has 1 aliphatic heterocycles. The second-order valence-electron chi connectivity index (χ2n) is 5.64. The van der Waals surface area contributed by atoms with Crippen molar-refractivity contribution in [2.45, 2.75) is 12.5 Å². The summed E-state index contributed by atoms with van der Waals surface area (Å²) in [7, 11) is 0. The van der Waals surface area contributed by atoms with Gasteiger partial charge in [0.05, 0.1) is 5.56 Å². The van der Waals surface area contributed by atoms with E-state index >= 15 is 0 Å². The number of ether oxygens (including phenoxy) is 1. The number of halogens is 1. The largest absolute Gasteiger partial charge is 0.446 e. The summed E-state index contributed by atoms with van der Waals surface area (Å²) in [5.74, 6) is -0.764. The molecule has 1 unspecified atom stereocenters. The van der Waals surface area contributed by atoms with Gasteiger partial charge in [-0.15, -0.1) is 0 Å². The Labute approximate surface area is 127 Å². The number of rotatable bonds is 1. The first kappa shape index (κ1) is 13.0. The molecule has 0 N–H and O–H groups in total. The third kappa shape index (κ3) is 1.69. The minimum Gasteiger partial charge on any atom is -0.446 e. The number of fused-ring (bicyclic) bond motifs is 3. The van der Waals surface area contributed by atoms with Crippen molar-refractivity contribution in [3.05, 3.63) is 83.2 Å².